The molecule has 1 aromatic carbocycles. The third-order valence-electron chi connectivity index (χ3n) is 6.05. The molecule has 0 bridgehead atoms. The van der Waals surface area contributed by atoms with Gasteiger partial charge in [-0.1, -0.05) is 37.6 Å². The van der Waals surface area contributed by atoms with Gasteiger partial charge < -0.3 is 0 Å². The van der Waals surface area contributed by atoms with Gasteiger partial charge in [-0.15, -0.1) is 0 Å². The number of hydrogen-bond acceptors (Lipinski definition) is 2. The van der Waals surface area contributed by atoms with Crippen molar-refractivity contribution in [3.8, 4) is 0 Å². The van der Waals surface area contributed by atoms with Gasteiger partial charge in [0.2, 0.25) is 0 Å². The first kappa shape index (κ1) is 16.3. The third kappa shape index (κ3) is 2.40. The van der Waals surface area contributed by atoms with Crippen LogP contribution in [0.4, 0.5) is 0 Å². The molecule has 2 fully saturated rings. The van der Waals surface area contributed by atoms with Gasteiger partial charge in [0.25, 0.3) is 0 Å². The summed E-state index contributed by atoms with van der Waals surface area (Å²) in [5.74, 6) is 1.15. The van der Waals surface area contributed by atoms with Crippen LogP contribution in [0, 0.1) is 18.8 Å². The van der Waals surface area contributed by atoms with Gasteiger partial charge in [-0.3, -0.25) is 4.84 Å². The van der Waals surface area contributed by atoms with Crippen LogP contribution in [0.1, 0.15) is 51.7 Å². The molecule has 0 amide bonds. The molecule has 4 atom stereocenters. The number of fused-ring (bicyclic) bond motifs is 1. The number of hydroxylamine groups is 2. The summed E-state index contributed by atoms with van der Waals surface area (Å²) in [6, 6.07) is 6.87. The van der Waals surface area contributed by atoms with E-state index >= 15 is 0 Å². The summed E-state index contributed by atoms with van der Waals surface area (Å²) >= 11 is 6.39. The second-order valence-corrected chi connectivity index (χ2v) is 8.60. The fraction of sp³-hybridized carbons (Fsp3) is 0.684. The lowest BCUT2D eigenvalue weighted by atomic mass is 9.58. The molecule has 1 heterocycles. The summed E-state index contributed by atoms with van der Waals surface area (Å²) in [6.07, 6.45) is 2.33. The predicted octanol–water partition coefficient (Wildman–Crippen LogP) is 4.98. The molecule has 122 valence electrons. The zero-order valence-electron chi connectivity index (χ0n) is 14.6. The lowest BCUT2D eigenvalue weighted by molar-refractivity contribution is -0.182. The van der Waals surface area contributed by atoms with Crippen LogP contribution in [0.3, 0.4) is 0 Å². The van der Waals surface area contributed by atoms with Gasteiger partial charge in [0, 0.05) is 24.0 Å². The van der Waals surface area contributed by atoms with Gasteiger partial charge in [0.05, 0.1) is 5.60 Å². The minimum absolute atomic E-state index is 0.0954. The molecule has 0 unspecified atom stereocenters. The molecule has 3 rings (SSSR count). The molecule has 0 aromatic heterocycles. The summed E-state index contributed by atoms with van der Waals surface area (Å²) in [6.45, 7) is 11.4. The minimum atomic E-state index is -0.0954. The second-order valence-electron chi connectivity index (χ2n) is 8.20. The number of nitrogens with zero attached hydrogens (tertiary/aromatic N) is 1. The Labute approximate surface area is 139 Å². The van der Waals surface area contributed by atoms with Gasteiger partial charge >= 0.3 is 0 Å². The van der Waals surface area contributed by atoms with Crippen molar-refractivity contribution in [3.63, 3.8) is 0 Å². The van der Waals surface area contributed by atoms with Crippen LogP contribution in [-0.2, 0) is 10.3 Å². The lowest BCUT2D eigenvalue weighted by Crippen LogP contribution is -2.48. The van der Waals surface area contributed by atoms with Gasteiger partial charge in [-0.2, -0.15) is 5.06 Å². The van der Waals surface area contributed by atoms with E-state index in [0.717, 1.165) is 11.4 Å². The highest BCUT2D eigenvalue weighted by Gasteiger charge is 2.55. The van der Waals surface area contributed by atoms with E-state index in [4.69, 9.17) is 16.4 Å². The van der Waals surface area contributed by atoms with Crippen molar-refractivity contribution < 1.29 is 4.84 Å². The first-order chi connectivity index (χ1) is 10.2. The molecule has 1 aromatic rings. The van der Waals surface area contributed by atoms with E-state index in [2.05, 4.69) is 58.9 Å². The Morgan fingerprint density at radius 1 is 1.23 bits per heavy atom. The lowest BCUT2D eigenvalue weighted by Gasteiger charge is -2.47. The van der Waals surface area contributed by atoms with Gasteiger partial charge in [-0.05, 0) is 62.1 Å². The molecule has 0 radical (unpaired) electrons. The van der Waals surface area contributed by atoms with Crippen LogP contribution < -0.4 is 0 Å². The molecule has 1 saturated carbocycles. The number of rotatable bonds is 1. The van der Waals surface area contributed by atoms with Gasteiger partial charge in [0.1, 0.15) is 0 Å². The highest BCUT2D eigenvalue weighted by atomic mass is 35.5. The molecule has 22 heavy (non-hydrogen) atoms. The Morgan fingerprint density at radius 2 is 1.91 bits per heavy atom. The normalized spacial score (nSPS) is 38.0. The summed E-state index contributed by atoms with van der Waals surface area (Å²) in [4.78, 5) is 6.16. The zero-order valence-corrected chi connectivity index (χ0v) is 15.4. The Hall–Kier alpha value is -0.570. The largest absolute Gasteiger partial charge is 0.293 e. The van der Waals surface area contributed by atoms with E-state index < -0.39 is 0 Å². The molecular weight excluding hydrogens is 294 g/mol. The average molecular weight is 322 g/mol. The fourth-order valence-electron chi connectivity index (χ4n) is 5.17. The molecule has 3 heteroatoms. The summed E-state index contributed by atoms with van der Waals surface area (Å²) in [7, 11) is 2.09. The average Bonchev–Trinajstić information content (AvgIpc) is 2.62. The molecule has 0 spiro atoms. The highest BCUT2D eigenvalue weighted by Crippen LogP contribution is 2.53. The van der Waals surface area contributed by atoms with E-state index in [1.165, 1.54) is 17.5 Å². The number of benzene rings is 1. The Bertz CT molecular complexity index is 585. The van der Waals surface area contributed by atoms with E-state index in [0.29, 0.717) is 17.9 Å². The molecule has 0 N–H and O–H groups in total. The van der Waals surface area contributed by atoms with E-state index in [1.807, 2.05) is 6.07 Å². The van der Waals surface area contributed by atoms with Crippen molar-refractivity contribution >= 4 is 11.6 Å². The van der Waals surface area contributed by atoms with Crippen molar-refractivity contribution in [3.05, 3.63) is 34.3 Å². The smallest absolute Gasteiger partial charge is 0.0887 e. The Kier molecular flexibility index (Phi) is 3.87. The summed E-state index contributed by atoms with van der Waals surface area (Å²) in [5, 5.41) is 2.99. The summed E-state index contributed by atoms with van der Waals surface area (Å²) < 4.78 is 0. The zero-order chi connectivity index (χ0) is 16.3. The first-order valence-electron chi connectivity index (χ1n) is 8.33. The molecule has 2 aliphatic rings. The van der Waals surface area contributed by atoms with Crippen LogP contribution in [-0.4, -0.2) is 23.8 Å². The van der Waals surface area contributed by atoms with Gasteiger partial charge in [-0.25, -0.2) is 0 Å². The number of halogens is 1. The molecule has 1 aliphatic carbocycles. The molecule has 1 aliphatic heterocycles. The van der Waals surface area contributed by atoms with Gasteiger partial charge in [0.15, 0.2) is 0 Å². The first-order valence-corrected chi connectivity index (χ1v) is 8.71. The topological polar surface area (TPSA) is 12.5 Å². The van der Waals surface area contributed by atoms with Crippen LogP contribution >= 0.6 is 11.6 Å². The Balaban J connectivity index is 2.01. The quantitative estimate of drug-likeness (QED) is 0.723. The third-order valence-corrected chi connectivity index (χ3v) is 6.46. The van der Waals surface area contributed by atoms with Crippen molar-refractivity contribution in [2.45, 2.75) is 64.5 Å². The second kappa shape index (κ2) is 5.22. The van der Waals surface area contributed by atoms with Crippen LogP contribution in [0.25, 0.3) is 0 Å². The van der Waals surface area contributed by atoms with Crippen molar-refractivity contribution in [1.29, 1.82) is 0 Å². The maximum Gasteiger partial charge on any atom is 0.0887 e. The maximum absolute atomic E-state index is 6.39. The fourth-order valence-corrected chi connectivity index (χ4v) is 5.34. The van der Waals surface area contributed by atoms with Crippen LogP contribution in [0.5, 0.6) is 0 Å². The van der Waals surface area contributed by atoms with Crippen LogP contribution in [0.15, 0.2) is 18.2 Å². The van der Waals surface area contributed by atoms with E-state index in [9.17, 15) is 0 Å². The maximum atomic E-state index is 6.39. The van der Waals surface area contributed by atoms with Crippen molar-refractivity contribution in [1.82, 2.24) is 5.06 Å². The molecule has 1 saturated heterocycles. The van der Waals surface area contributed by atoms with E-state index in [-0.39, 0.29) is 11.0 Å². The molecule has 2 nitrogen and oxygen atoms in total. The van der Waals surface area contributed by atoms with Crippen molar-refractivity contribution in [2.24, 2.45) is 11.8 Å². The standard InChI is InChI=1S/C19H28ClNO/c1-12-10-19(5,14-8-7-9-16(20)13(14)2)11-15-17(12)21(6)22-18(15,3)4/h7-9,12,15,17H,10-11H2,1-6H3/t12-,15+,17+,19+/m0/s1. The minimum Gasteiger partial charge on any atom is -0.293 e. The SMILES string of the molecule is Cc1c(Cl)cccc1[C@@]1(C)C[C@@H]2[C@@H]([C@@H](C)C1)N(C)OC2(C)C. The summed E-state index contributed by atoms with van der Waals surface area (Å²) in [5.41, 5.74) is 2.72. The monoisotopic (exact) mass is 321 g/mol. The van der Waals surface area contributed by atoms with Crippen LogP contribution in [0.2, 0.25) is 5.02 Å². The molecular formula is C19H28ClNO. The van der Waals surface area contributed by atoms with E-state index in [1.54, 1.807) is 0 Å². The Morgan fingerprint density at radius 3 is 2.59 bits per heavy atom. The van der Waals surface area contributed by atoms with Crippen molar-refractivity contribution in [2.75, 3.05) is 7.05 Å². The predicted molar refractivity (Wildman–Crippen MR) is 92.1 cm³/mol. The highest BCUT2D eigenvalue weighted by molar-refractivity contribution is 6.31. The number of hydrogen-bond donors (Lipinski definition) is 0.